The van der Waals surface area contributed by atoms with Crippen molar-refractivity contribution in [3.8, 4) is 0 Å². The van der Waals surface area contributed by atoms with Gasteiger partial charge in [-0.15, -0.1) is 11.3 Å². The van der Waals surface area contributed by atoms with Gasteiger partial charge in [0.25, 0.3) is 5.91 Å². The van der Waals surface area contributed by atoms with Crippen molar-refractivity contribution in [2.45, 2.75) is 39.2 Å². The molecule has 0 saturated carbocycles. The summed E-state index contributed by atoms with van der Waals surface area (Å²) in [6.45, 7) is 6.13. The lowest BCUT2D eigenvalue weighted by molar-refractivity contribution is 0.0702. The Bertz CT molecular complexity index is 934. The molecule has 0 spiro atoms. The Morgan fingerprint density at radius 1 is 1.30 bits per heavy atom. The maximum Gasteiger partial charge on any atom is 0.255 e. The van der Waals surface area contributed by atoms with Crippen LogP contribution < -0.4 is 0 Å². The molecule has 3 aromatic heterocycles. The second kappa shape index (κ2) is 7.60. The highest BCUT2D eigenvalue weighted by Gasteiger charge is 2.28. The van der Waals surface area contributed by atoms with Crippen molar-refractivity contribution in [1.29, 1.82) is 0 Å². The van der Waals surface area contributed by atoms with E-state index in [0.29, 0.717) is 12.1 Å². The van der Waals surface area contributed by atoms with Crippen molar-refractivity contribution in [3.63, 3.8) is 0 Å². The quantitative estimate of drug-likeness (QED) is 0.695. The van der Waals surface area contributed by atoms with Gasteiger partial charge >= 0.3 is 0 Å². The van der Waals surface area contributed by atoms with Crippen LogP contribution in [-0.2, 0) is 6.54 Å². The summed E-state index contributed by atoms with van der Waals surface area (Å²) in [6.07, 6.45) is 7.58. The molecule has 0 aliphatic carbocycles. The predicted molar refractivity (Wildman–Crippen MR) is 105 cm³/mol. The monoisotopic (exact) mass is 381 g/mol. The van der Waals surface area contributed by atoms with Gasteiger partial charge in [-0.05, 0) is 38.3 Å². The molecule has 4 rings (SSSR count). The van der Waals surface area contributed by atoms with Crippen LogP contribution in [0.5, 0.6) is 0 Å². The van der Waals surface area contributed by atoms with Crippen molar-refractivity contribution in [2.75, 3.05) is 13.1 Å². The van der Waals surface area contributed by atoms with Crippen LogP contribution in [0.3, 0.4) is 0 Å². The highest BCUT2D eigenvalue weighted by molar-refractivity contribution is 7.07. The number of rotatable bonds is 4. The number of hydrogen-bond donors (Lipinski definition) is 0. The zero-order chi connectivity index (χ0) is 18.8. The molecular weight excluding hydrogens is 358 g/mol. The first-order chi connectivity index (χ1) is 13.1. The minimum atomic E-state index is 0.0716. The fourth-order valence-electron chi connectivity index (χ4n) is 3.77. The molecule has 0 aromatic carbocycles. The van der Waals surface area contributed by atoms with Crippen molar-refractivity contribution in [1.82, 2.24) is 24.4 Å². The molecule has 140 valence electrons. The molecule has 3 aromatic rings. The first kappa shape index (κ1) is 17.9. The summed E-state index contributed by atoms with van der Waals surface area (Å²) in [5.74, 6) is 1.36. The normalized spacial score (nSPS) is 17.3. The lowest BCUT2D eigenvalue weighted by Crippen LogP contribution is -2.40. The summed E-state index contributed by atoms with van der Waals surface area (Å²) in [6, 6.07) is 1.97. The molecule has 1 atom stereocenters. The molecule has 1 fully saturated rings. The fourth-order valence-corrected chi connectivity index (χ4v) is 4.32. The Labute approximate surface area is 162 Å². The van der Waals surface area contributed by atoms with Crippen LogP contribution >= 0.6 is 11.3 Å². The van der Waals surface area contributed by atoms with Crippen LogP contribution in [-0.4, -0.2) is 43.4 Å². The molecule has 1 aliphatic heterocycles. The zero-order valence-corrected chi connectivity index (χ0v) is 16.4. The van der Waals surface area contributed by atoms with Crippen LogP contribution in [0.25, 0.3) is 0 Å². The van der Waals surface area contributed by atoms with Crippen molar-refractivity contribution in [3.05, 3.63) is 63.9 Å². The van der Waals surface area contributed by atoms with E-state index in [0.717, 1.165) is 48.7 Å². The summed E-state index contributed by atoms with van der Waals surface area (Å²) in [4.78, 5) is 28.3. The SMILES string of the molecule is Cc1cc(C)c(C(=O)N2CCC[C@H](c3nccn3Cc3cscn3)C2)cn1. The Morgan fingerprint density at radius 2 is 2.19 bits per heavy atom. The maximum absolute atomic E-state index is 13.0. The van der Waals surface area contributed by atoms with Crippen LogP contribution in [0.4, 0.5) is 0 Å². The van der Waals surface area contributed by atoms with E-state index >= 15 is 0 Å². The van der Waals surface area contributed by atoms with Gasteiger partial charge in [-0.3, -0.25) is 9.78 Å². The van der Waals surface area contributed by atoms with E-state index in [2.05, 4.69) is 24.9 Å². The van der Waals surface area contributed by atoms with E-state index in [-0.39, 0.29) is 11.8 Å². The number of pyridine rings is 1. The van der Waals surface area contributed by atoms with Crippen molar-refractivity contribution in [2.24, 2.45) is 0 Å². The average Bonchev–Trinajstić information content (AvgIpc) is 3.34. The topological polar surface area (TPSA) is 63.9 Å². The van der Waals surface area contributed by atoms with Crippen LogP contribution in [0.15, 0.2) is 35.5 Å². The fraction of sp³-hybridized carbons (Fsp3) is 0.400. The number of amides is 1. The summed E-state index contributed by atoms with van der Waals surface area (Å²) in [7, 11) is 0. The molecule has 7 heteroatoms. The number of imidazole rings is 1. The highest BCUT2D eigenvalue weighted by Crippen LogP contribution is 2.27. The Balaban J connectivity index is 1.52. The van der Waals surface area contributed by atoms with Gasteiger partial charge < -0.3 is 9.47 Å². The number of aromatic nitrogens is 4. The molecular formula is C20H23N5OS. The van der Waals surface area contributed by atoms with E-state index in [1.165, 1.54) is 0 Å². The predicted octanol–water partition coefficient (Wildman–Crippen LogP) is 3.42. The number of aryl methyl sites for hydroxylation is 2. The first-order valence-electron chi connectivity index (χ1n) is 9.22. The molecule has 1 amide bonds. The molecule has 0 bridgehead atoms. The van der Waals surface area contributed by atoms with Gasteiger partial charge in [-0.25, -0.2) is 9.97 Å². The van der Waals surface area contributed by atoms with E-state index < -0.39 is 0 Å². The van der Waals surface area contributed by atoms with Gasteiger partial charge in [0, 0.05) is 48.7 Å². The Kier molecular flexibility index (Phi) is 5.03. The first-order valence-corrected chi connectivity index (χ1v) is 10.2. The minimum Gasteiger partial charge on any atom is -0.338 e. The lowest BCUT2D eigenvalue weighted by Gasteiger charge is -2.33. The molecule has 0 radical (unpaired) electrons. The Morgan fingerprint density at radius 3 is 2.96 bits per heavy atom. The largest absolute Gasteiger partial charge is 0.338 e. The number of thiazole rings is 1. The number of carbonyl (C=O) groups excluding carboxylic acids is 1. The van der Waals surface area contributed by atoms with Gasteiger partial charge in [-0.1, -0.05) is 0 Å². The minimum absolute atomic E-state index is 0.0716. The average molecular weight is 382 g/mol. The zero-order valence-electron chi connectivity index (χ0n) is 15.6. The van der Waals surface area contributed by atoms with E-state index in [1.54, 1.807) is 17.5 Å². The van der Waals surface area contributed by atoms with Gasteiger partial charge in [0.1, 0.15) is 5.82 Å². The Hall–Kier alpha value is -2.54. The summed E-state index contributed by atoms with van der Waals surface area (Å²) in [5, 5.41) is 2.06. The van der Waals surface area contributed by atoms with E-state index in [1.807, 2.05) is 42.7 Å². The number of nitrogens with zero attached hydrogens (tertiary/aromatic N) is 5. The van der Waals surface area contributed by atoms with Crippen LogP contribution in [0.1, 0.15) is 51.9 Å². The molecule has 0 unspecified atom stereocenters. The van der Waals surface area contributed by atoms with Gasteiger partial charge in [-0.2, -0.15) is 0 Å². The summed E-state index contributed by atoms with van der Waals surface area (Å²) in [5.41, 5.74) is 5.52. The molecule has 1 aliphatic rings. The second-order valence-electron chi connectivity index (χ2n) is 7.12. The van der Waals surface area contributed by atoms with E-state index in [9.17, 15) is 4.79 Å². The van der Waals surface area contributed by atoms with Crippen LogP contribution in [0, 0.1) is 13.8 Å². The highest BCUT2D eigenvalue weighted by atomic mass is 32.1. The van der Waals surface area contributed by atoms with Gasteiger partial charge in [0.2, 0.25) is 0 Å². The lowest BCUT2D eigenvalue weighted by atomic mass is 9.96. The third-order valence-corrected chi connectivity index (χ3v) is 5.75. The third kappa shape index (κ3) is 3.78. The number of piperidine rings is 1. The number of hydrogen-bond acceptors (Lipinski definition) is 5. The third-order valence-electron chi connectivity index (χ3n) is 5.12. The molecule has 6 nitrogen and oxygen atoms in total. The number of likely N-dealkylation sites (tertiary alicyclic amines) is 1. The standard InChI is InChI=1S/C20H23N5OS/c1-14-8-15(2)22-9-18(14)20(26)25-6-3-4-16(10-25)19-21-5-7-24(19)11-17-12-27-13-23-17/h5,7-9,12-13,16H,3-4,6,10-11H2,1-2H3/t16-/m0/s1. The maximum atomic E-state index is 13.0. The number of carbonyl (C=O) groups is 1. The molecule has 27 heavy (non-hydrogen) atoms. The van der Waals surface area contributed by atoms with Gasteiger partial charge in [0.05, 0.1) is 23.3 Å². The molecule has 1 saturated heterocycles. The van der Waals surface area contributed by atoms with Gasteiger partial charge in [0.15, 0.2) is 0 Å². The van der Waals surface area contributed by atoms with Crippen molar-refractivity contribution < 1.29 is 4.79 Å². The molecule has 4 heterocycles. The van der Waals surface area contributed by atoms with Crippen molar-refractivity contribution >= 4 is 17.2 Å². The smallest absolute Gasteiger partial charge is 0.255 e. The summed E-state index contributed by atoms with van der Waals surface area (Å²) < 4.78 is 2.16. The van der Waals surface area contributed by atoms with E-state index in [4.69, 9.17) is 0 Å². The second-order valence-corrected chi connectivity index (χ2v) is 7.84. The van der Waals surface area contributed by atoms with Crippen LogP contribution in [0.2, 0.25) is 0 Å². The molecule has 0 N–H and O–H groups in total. The summed E-state index contributed by atoms with van der Waals surface area (Å²) >= 11 is 1.60.